The third-order valence-corrected chi connectivity index (χ3v) is 4.00. The van der Waals surface area contributed by atoms with Gasteiger partial charge in [-0.1, -0.05) is 30.3 Å². The minimum Gasteiger partial charge on any atom is -0.494 e. The molecule has 1 aliphatic rings. The number of para-hydroxylation sites is 3. The molecule has 0 saturated heterocycles. The van der Waals surface area contributed by atoms with Crippen molar-refractivity contribution < 1.29 is 19.0 Å². The van der Waals surface area contributed by atoms with Gasteiger partial charge in [-0.25, -0.2) is 0 Å². The highest BCUT2D eigenvalue weighted by molar-refractivity contribution is 5.81. The van der Waals surface area contributed by atoms with Crippen molar-refractivity contribution in [2.24, 2.45) is 0 Å². The highest BCUT2D eigenvalue weighted by Gasteiger charge is 2.26. The summed E-state index contributed by atoms with van der Waals surface area (Å²) in [5.41, 5.74) is 1.16. The Morgan fingerprint density at radius 2 is 1.92 bits per heavy atom. The van der Waals surface area contributed by atoms with E-state index in [0.717, 1.165) is 24.2 Å². The van der Waals surface area contributed by atoms with Crippen molar-refractivity contribution in [2.75, 3.05) is 19.8 Å². The van der Waals surface area contributed by atoms with Crippen molar-refractivity contribution in [1.82, 2.24) is 5.32 Å². The van der Waals surface area contributed by atoms with E-state index in [-0.39, 0.29) is 12.5 Å². The van der Waals surface area contributed by atoms with Crippen molar-refractivity contribution in [2.45, 2.75) is 25.9 Å². The van der Waals surface area contributed by atoms with Crippen molar-refractivity contribution in [3.8, 4) is 17.2 Å². The Balaban J connectivity index is 1.45. The predicted molar refractivity (Wildman–Crippen MR) is 95.3 cm³/mol. The van der Waals surface area contributed by atoms with Gasteiger partial charge >= 0.3 is 0 Å². The van der Waals surface area contributed by atoms with Crippen LogP contribution in [0.5, 0.6) is 17.2 Å². The van der Waals surface area contributed by atoms with E-state index >= 15 is 0 Å². The number of amides is 1. The fourth-order valence-electron chi connectivity index (χ4n) is 2.76. The lowest BCUT2D eigenvalue weighted by Crippen LogP contribution is -2.44. The number of carbonyl (C=O) groups is 1. The van der Waals surface area contributed by atoms with E-state index in [9.17, 15) is 4.79 Å². The van der Waals surface area contributed by atoms with Gasteiger partial charge in [-0.15, -0.1) is 0 Å². The molecule has 2 aromatic carbocycles. The average Bonchev–Trinajstić information content (AvgIpc) is 2.66. The molecule has 5 heteroatoms. The SMILES string of the molecule is CCOc1ccccc1CCCNC(=O)C1COc2ccccc2O1. The maximum atomic E-state index is 12.2. The molecule has 0 spiro atoms. The summed E-state index contributed by atoms with van der Waals surface area (Å²) < 4.78 is 16.9. The normalized spacial score (nSPS) is 15.5. The van der Waals surface area contributed by atoms with Gasteiger partial charge in [0, 0.05) is 6.54 Å². The molecule has 0 aliphatic carbocycles. The van der Waals surface area contributed by atoms with E-state index in [0.29, 0.717) is 24.7 Å². The molecule has 132 valence electrons. The number of nitrogens with one attached hydrogen (secondary N) is 1. The van der Waals surface area contributed by atoms with E-state index in [1.54, 1.807) is 6.07 Å². The quantitative estimate of drug-likeness (QED) is 0.787. The summed E-state index contributed by atoms with van der Waals surface area (Å²) in [6.07, 6.45) is 1.08. The van der Waals surface area contributed by atoms with Gasteiger partial charge in [0.1, 0.15) is 12.4 Å². The Morgan fingerprint density at radius 3 is 2.76 bits per heavy atom. The number of ether oxygens (including phenoxy) is 3. The van der Waals surface area contributed by atoms with Gasteiger partial charge < -0.3 is 19.5 Å². The maximum absolute atomic E-state index is 12.2. The third-order valence-electron chi connectivity index (χ3n) is 4.00. The average molecular weight is 341 g/mol. The molecule has 1 atom stereocenters. The molecule has 3 rings (SSSR count). The largest absolute Gasteiger partial charge is 0.494 e. The smallest absolute Gasteiger partial charge is 0.264 e. The van der Waals surface area contributed by atoms with E-state index in [1.807, 2.05) is 43.3 Å². The van der Waals surface area contributed by atoms with Crippen molar-refractivity contribution >= 4 is 5.91 Å². The standard InChI is InChI=1S/C20H23NO4/c1-2-23-16-10-4-3-8-15(16)9-7-13-21-20(22)19-14-24-17-11-5-6-12-18(17)25-19/h3-6,8,10-12,19H,2,7,9,13-14H2,1H3,(H,21,22). The minimum absolute atomic E-state index is 0.146. The summed E-state index contributed by atoms with van der Waals surface area (Å²) in [5, 5.41) is 2.92. The molecule has 0 saturated carbocycles. The van der Waals surface area contributed by atoms with Crippen LogP contribution in [0.2, 0.25) is 0 Å². The first-order valence-electron chi connectivity index (χ1n) is 8.65. The zero-order valence-electron chi connectivity index (χ0n) is 14.4. The molecule has 1 N–H and O–H groups in total. The second kappa shape index (κ2) is 8.42. The fourth-order valence-corrected chi connectivity index (χ4v) is 2.76. The highest BCUT2D eigenvalue weighted by Crippen LogP contribution is 2.30. The van der Waals surface area contributed by atoms with Gasteiger partial charge in [0.05, 0.1) is 6.61 Å². The van der Waals surface area contributed by atoms with Crippen LogP contribution in [0, 0.1) is 0 Å². The summed E-state index contributed by atoms with van der Waals surface area (Å²) in [4.78, 5) is 12.2. The maximum Gasteiger partial charge on any atom is 0.264 e. The van der Waals surface area contributed by atoms with Crippen molar-refractivity contribution in [1.29, 1.82) is 0 Å². The van der Waals surface area contributed by atoms with Crippen molar-refractivity contribution in [3.05, 3.63) is 54.1 Å². The molecule has 1 aliphatic heterocycles. The van der Waals surface area contributed by atoms with Crippen LogP contribution in [-0.4, -0.2) is 31.8 Å². The molecule has 0 radical (unpaired) electrons. The van der Waals surface area contributed by atoms with E-state index in [4.69, 9.17) is 14.2 Å². The van der Waals surface area contributed by atoms with Gasteiger partial charge in [-0.3, -0.25) is 4.79 Å². The zero-order chi connectivity index (χ0) is 17.5. The molecule has 0 aromatic heterocycles. The lowest BCUT2D eigenvalue weighted by Gasteiger charge is -2.25. The molecule has 5 nitrogen and oxygen atoms in total. The molecule has 1 heterocycles. The molecule has 0 bridgehead atoms. The number of rotatable bonds is 7. The zero-order valence-corrected chi connectivity index (χ0v) is 14.4. The molecule has 1 unspecified atom stereocenters. The topological polar surface area (TPSA) is 56.8 Å². The van der Waals surface area contributed by atoms with Crippen LogP contribution in [0.1, 0.15) is 18.9 Å². The highest BCUT2D eigenvalue weighted by atomic mass is 16.6. The van der Waals surface area contributed by atoms with Crippen LogP contribution in [-0.2, 0) is 11.2 Å². The first kappa shape index (κ1) is 17.1. The minimum atomic E-state index is -0.606. The van der Waals surface area contributed by atoms with Crippen molar-refractivity contribution in [3.63, 3.8) is 0 Å². The van der Waals surface area contributed by atoms with E-state index in [1.165, 1.54) is 0 Å². The Kier molecular flexibility index (Phi) is 5.77. The molecular weight excluding hydrogens is 318 g/mol. The third kappa shape index (κ3) is 4.44. The molecular formula is C20H23NO4. The second-order valence-electron chi connectivity index (χ2n) is 5.80. The Morgan fingerprint density at radius 1 is 1.16 bits per heavy atom. The summed E-state index contributed by atoms with van der Waals surface area (Å²) >= 11 is 0. The van der Waals surface area contributed by atoms with Crippen LogP contribution < -0.4 is 19.5 Å². The summed E-state index contributed by atoms with van der Waals surface area (Å²) in [5.74, 6) is 2.06. The van der Waals surface area contributed by atoms with Gasteiger partial charge in [-0.05, 0) is 43.5 Å². The van der Waals surface area contributed by atoms with E-state index in [2.05, 4.69) is 11.4 Å². The fraction of sp³-hybridized carbons (Fsp3) is 0.350. The monoisotopic (exact) mass is 341 g/mol. The number of carbonyl (C=O) groups excluding carboxylic acids is 1. The summed E-state index contributed by atoms with van der Waals surface area (Å²) in [6, 6.07) is 15.4. The predicted octanol–water partition coefficient (Wildman–Crippen LogP) is 2.97. The Labute approximate surface area is 147 Å². The van der Waals surface area contributed by atoms with Gasteiger partial charge in [0.15, 0.2) is 11.5 Å². The van der Waals surface area contributed by atoms with E-state index < -0.39 is 6.10 Å². The Bertz CT molecular complexity index is 716. The van der Waals surface area contributed by atoms with Crippen LogP contribution in [0.25, 0.3) is 0 Å². The lowest BCUT2D eigenvalue weighted by atomic mass is 10.1. The summed E-state index contributed by atoms with van der Waals surface area (Å²) in [7, 11) is 0. The molecule has 1 amide bonds. The first-order valence-corrected chi connectivity index (χ1v) is 8.65. The van der Waals surface area contributed by atoms with Gasteiger partial charge in [0.25, 0.3) is 5.91 Å². The number of hydrogen-bond acceptors (Lipinski definition) is 4. The summed E-state index contributed by atoms with van der Waals surface area (Å²) in [6.45, 7) is 3.44. The molecule has 0 fully saturated rings. The van der Waals surface area contributed by atoms with Crippen LogP contribution >= 0.6 is 0 Å². The van der Waals surface area contributed by atoms with Gasteiger partial charge in [0.2, 0.25) is 6.10 Å². The number of aryl methyl sites for hydroxylation is 1. The molecule has 25 heavy (non-hydrogen) atoms. The molecule has 2 aromatic rings. The number of fused-ring (bicyclic) bond motifs is 1. The number of hydrogen-bond donors (Lipinski definition) is 1. The van der Waals surface area contributed by atoms with Crippen LogP contribution in [0.3, 0.4) is 0 Å². The Hall–Kier alpha value is -2.69. The van der Waals surface area contributed by atoms with Crippen LogP contribution in [0.15, 0.2) is 48.5 Å². The lowest BCUT2D eigenvalue weighted by molar-refractivity contribution is -0.130. The van der Waals surface area contributed by atoms with Gasteiger partial charge in [-0.2, -0.15) is 0 Å². The number of benzene rings is 2. The first-order chi connectivity index (χ1) is 12.3. The van der Waals surface area contributed by atoms with Crippen LogP contribution in [0.4, 0.5) is 0 Å². The second-order valence-corrected chi connectivity index (χ2v) is 5.80.